The zero-order chi connectivity index (χ0) is 14.6. The van der Waals surface area contributed by atoms with Crippen molar-refractivity contribution in [2.45, 2.75) is 24.8 Å². The fourth-order valence-corrected chi connectivity index (χ4v) is 2.95. The Kier molecular flexibility index (Phi) is 2.71. The van der Waals surface area contributed by atoms with Crippen LogP contribution in [0.25, 0.3) is 22.6 Å². The maximum absolute atomic E-state index is 13.5. The van der Waals surface area contributed by atoms with Crippen LogP contribution in [0.3, 0.4) is 0 Å². The number of hydrogen-bond donors (Lipinski definition) is 3. The Balaban J connectivity index is 1.76. The molecule has 1 aliphatic carbocycles. The van der Waals surface area contributed by atoms with Crippen LogP contribution in [-0.2, 0) is 5.54 Å². The van der Waals surface area contributed by atoms with Crippen LogP contribution in [-0.4, -0.2) is 19.9 Å². The number of fused-ring (bicyclic) bond motifs is 1. The van der Waals surface area contributed by atoms with Gasteiger partial charge in [-0.05, 0) is 41.3 Å². The molecule has 21 heavy (non-hydrogen) atoms. The van der Waals surface area contributed by atoms with Crippen LogP contribution in [0.2, 0.25) is 0 Å². The second-order valence-corrected chi connectivity index (χ2v) is 6.38. The SMILES string of the molecule is NC1(c2ncc(-c3nc4cc(Br)c(F)cc4[nH]3)[nH]2)CCC1. The summed E-state index contributed by atoms with van der Waals surface area (Å²) in [4.78, 5) is 15.2. The first kappa shape index (κ1) is 13.0. The molecule has 2 heterocycles. The predicted molar refractivity (Wildman–Crippen MR) is 81.0 cm³/mol. The zero-order valence-corrected chi connectivity index (χ0v) is 12.7. The van der Waals surface area contributed by atoms with Crippen molar-refractivity contribution in [3.8, 4) is 11.5 Å². The summed E-state index contributed by atoms with van der Waals surface area (Å²) in [6.45, 7) is 0. The van der Waals surface area contributed by atoms with Gasteiger partial charge in [-0.25, -0.2) is 14.4 Å². The van der Waals surface area contributed by atoms with E-state index in [9.17, 15) is 4.39 Å². The first-order chi connectivity index (χ1) is 10.0. The number of nitrogens with two attached hydrogens (primary N) is 1. The molecular formula is C14H13BrFN5. The molecule has 3 aromatic rings. The molecule has 0 saturated heterocycles. The van der Waals surface area contributed by atoms with Gasteiger partial charge in [-0.1, -0.05) is 0 Å². The highest BCUT2D eigenvalue weighted by Crippen LogP contribution is 2.37. The summed E-state index contributed by atoms with van der Waals surface area (Å²) < 4.78 is 13.9. The average Bonchev–Trinajstić information content (AvgIpc) is 3.03. The van der Waals surface area contributed by atoms with Crippen molar-refractivity contribution in [2.75, 3.05) is 0 Å². The Morgan fingerprint density at radius 3 is 2.81 bits per heavy atom. The van der Waals surface area contributed by atoms with E-state index in [1.807, 2.05) is 0 Å². The second-order valence-electron chi connectivity index (χ2n) is 5.52. The number of halogens is 2. The Morgan fingerprint density at radius 1 is 1.29 bits per heavy atom. The number of imidazole rings is 2. The molecule has 1 fully saturated rings. The first-order valence-electron chi connectivity index (χ1n) is 6.75. The van der Waals surface area contributed by atoms with Gasteiger partial charge in [-0.2, -0.15) is 0 Å². The summed E-state index contributed by atoms with van der Waals surface area (Å²) in [5.74, 6) is 1.10. The predicted octanol–water partition coefficient (Wildman–Crippen LogP) is 3.19. The molecular weight excluding hydrogens is 337 g/mol. The lowest BCUT2D eigenvalue weighted by Gasteiger charge is -2.35. The van der Waals surface area contributed by atoms with Gasteiger partial charge < -0.3 is 15.7 Å². The number of benzene rings is 1. The Bertz CT molecular complexity index is 794. The minimum atomic E-state index is -0.334. The van der Waals surface area contributed by atoms with Gasteiger partial charge in [0, 0.05) is 6.07 Å². The lowest BCUT2D eigenvalue weighted by Crippen LogP contribution is -2.44. The number of rotatable bonds is 2. The molecule has 0 spiro atoms. The molecule has 0 radical (unpaired) electrons. The number of nitrogens with zero attached hydrogens (tertiary/aromatic N) is 2. The summed E-state index contributed by atoms with van der Waals surface area (Å²) in [6, 6.07) is 3.07. The zero-order valence-electron chi connectivity index (χ0n) is 11.1. The number of hydrogen-bond acceptors (Lipinski definition) is 3. The van der Waals surface area contributed by atoms with Gasteiger partial charge in [-0.3, -0.25) is 0 Å². The third-order valence-electron chi connectivity index (χ3n) is 4.07. The molecule has 4 rings (SSSR count). The minimum absolute atomic E-state index is 0.321. The number of aromatic amines is 2. The molecule has 4 N–H and O–H groups in total. The third kappa shape index (κ3) is 1.99. The van der Waals surface area contributed by atoms with Gasteiger partial charge in [-0.15, -0.1) is 0 Å². The monoisotopic (exact) mass is 349 g/mol. The Labute approximate surface area is 128 Å². The third-order valence-corrected chi connectivity index (χ3v) is 4.68. The molecule has 2 aromatic heterocycles. The minimum Gasteiger partial charge on any atom is -0.338 e. The summed E-state index contributed by atoms with van der Waals surface area (Å²) in [5, 5.41) is 0. The van der Waals surface area contributed by atoms with Crippen LogP contribution in [0, 0.1) is 5.82 Å². The molecule has 1 saturated carbocycles. The standard InChI is InChI=1S/C14H13BrFN5/c15-7-4-9-10(5-8(7)16)20-12(19-9)11-6-18-13(21-11)14(17)2-1-3-14/h4-6H,1-3,17H2,(H,18,21)(H,19,20). The molecule has 0 bridgehead atoms. The number of H-pyrrole nitrogens is 2. The maximum Gasteiger partial charge on any atom is 0.156 e. The van der Waals surface area contributed by atoms with E-state index in [-0.39, 0.29) is 11.4 Å². The summed E-state index contributed by atoms with van der Waals surface area (Å²) in [6.07, 6.45) is 4.73. The van der Waals surface area contributed by atoms with Crippen molar-refractivity contribution in [3.05, 3.63) is 34.4 Å². The molecule has 1 aromatic carbocycles. The van der Waals surface area contributed by atoms with Crippen LogP contribution in [0.1, 0.15) is 25.1 Å². The van der Waals surface area contributed by atoms with Gasteiger partial charge in [0.15, 0.2) is 5.82 Å². The highest BCUT2D eigenvalue weighted by molar-refractivity contribution is 9.10. The van der Waals surface area contributed by atoms with Crippen LogP contribution in [0.4, 0.5) is 4.39 Å². The fraction of sp³-hybridized carbons (Fsp3) is 0.286. The lowest BCUT2D eigenvalue weighted by molar-refractivity contribution is 0.240. The van der Waals surface area contributed by atoms with Crippen LogP contribution < -0.4 is 5.73 Å². The normalized spacial score (nSPS) is 17.1. The number of aromatic nitrogens is 4. The fourth-order valence-electron chi connectivity index (χ4n) is 2.62. The van der Waals surface area contributed by atoms with E-state index in [1.165, 1.54) is 6.07 Å². The van der Waals surface area contributed by atoms with Crippen molar-refractivity contribution in [3.63, 3.8) is 0 Å². The summed E-state index contributed by atoms with van der Waals surface area (Å²) >= 11 is 3.16. The smallest absolute Gasteiger partial charge is 0.156 e. The van der Waals surface area contributed by atoms with Crippen molar-refractivity contribution >= 4 is 27.0 Å². The Hall–Kier alpha value is -1.73. The molecule has 108 valence electrons. The molecule has 5 nitrogen and oxygen atoms in total. The van der Waals surface area contributed by atoms with E-state index < -0.39 is 0 Å². The summed E-state index contributed by atoms with van der Waals surface area (Å²) in [7, 11) is 0. The van der Waals surface area contributed by atoms with Gasteiger partial charge in [0.25, 0.3) is 0 Å². The van der Waals surface area contributed by atoms with Crippen molar-refractivity contribution < 1.29 is 4.39 Å². The van der Waals surface area contributed by atoms with Gasteiger partial charge in [0.1, 0.15) is 17.3 Å². The highest BCUT2D eigenvalue weighted by Gasteiger charge is 2.37. The maximum atomic E-state index is 13.5. The summed E-state index contributed by atoms with van der Waals surface area (Å²) in [5.41, 5.74) is 8.02. The van der Waals surface area contributed by atoms with Crippen molar-refractivity contribution in [1.82, 2.24) is 19.9 Å². The quantitative estimate of drug-likeness (QED) is 0.664. The average molecular weight is 350 g/mol. The van der Waals surface area contributed by atoms with E-state index in [2.05, 4.69) is 35.9 Å². The molecule has 0 amide bonds. The van der Waals surface area contributed by atoms with E-state index in [4.69, 9.17) is 5.73 Å². The highest BCUT2D eigenvalue weighted by atomic mass is 79.9. The Morgan fingerprint density at radius 2 is 2.10 bits per heavy atom. The van der Waals surface area contributed by atoms with E-state index in [0.29, 0.717) is 21.3 Å². The van der Waals surface area contributed by atoms with E-state index in [0.717, 1.165) is 30.8 Å². The van der Waals surface area contributed by atoms with Gasteiger partial charge in [0.05, 0.1) is 27.2 Å². The molecule has 1 aliphatic rings. The van der Waals surface area contributed by atoms with Crippen LogP contribution >= 0.6 is 15.9 Å². The molecule has 7 heteroatoms. The van der Waals surface area contributed by atoms with Crippen molar-refractivity contribution in [2.24, 2.45) is 5.73 Å². The van der Waals surface area contributed by atoms with Crippen molar-refractivity contribution in [1.29, 1.82) is 0 Å². The van der Waals surface area contributed by atoms with E-state index in [1.54, 1.807) is 12.3 Å². The van der Waals surface area contributed by atoms with Gasteiger partial charge >= 0.3 is 0 Å². The largest absolute Gasteiger partial charge is 0.338 e. The number of nitrogens with one attached hydrogen (secondary N) is 2. The van der Waals surface area contributed by atoms with Crippen LogP contribution in [0.5, 0.6) is 0 Å². The van der Waals surface area contributed by atoms with Crippen LogP contribution in [0.15, 0.2) is 22.8 Å². The molecule has 0 aliphatic heterocycles. The lowest BCUT2D eigenvalue weighted by atomic mass is 9.77. The first-order valence-corrected chi connectivity index (χ1v) is 7.54. The topological polar surface area (TPSA) is 83.4 Å². The second kappa shape index (κ2) is 4.38. The molecule has 0 atom stereocenters. The molecule has 0 unspecified atom stereocenters. The van der Waals surface area contributed by atoms with E-state index >= 15 is 0 Å². The van der Waals surface area contributed by atoms with Gasteiger partial charge in [0.2, 0.25) is 0 Å².